The largest absolute Gasteiger partial charge is 0.316 e. The fourth-order valence-corrected chi connectivity index (χ4v) is 6.70. The molecule has 2 aromatic heterocycles. The molecule has 2 aromatic rings. The van der Waals surface area contributed by atoms with Gasteiger partial charge in [-0.3, -0.25) is 4.79 Å². The first-order valence-electron chi connectivity index (χ1n) is 11.7. The number of fused-ring (bicyclic) bond motifs is 1. The van der Waals surface area contributed by atoms with Crippen LogP contribution >= 0.6 is 23.1 Å². The maximum Gasteiger partial charge on any atom is 0.235 e. The lowest BCUT2D eigenvalue weighted by Crippen LogP contribution is -2.28. The fraction of sp³-hybridized carbons (Fsp3) is 0.667. The molecule has 1 unspecified atom stereocenters. The summed E-state index contributed by atoms with van der Waals surface area (Å²) in [6, 6.07) is 2.62. The highest BCUT2D eigenvalue weighted by Crippen LogP contribution is 2.45. The summed E-state index contributed by atoms with van der Waals surface area (Å²) in [4.78, 5) is 14.1. The molecule has 32 heavy (non-hydrogen) atoms. The zero-order valence-corrected chi connectivity index (χ0v) is 21.3. The molecule has 1 N–H and O–H groups in total. The van der Waals surface area contributed by atoms with E-state index in [1.165, 1.54) is 29.5 Å². The molecule has 0 aliphatic heterocycles. The van der Waals surface area contributed by atoms with Gasteiger partial charge in [0.25, 0.3) is 0 Å². The van der Waals surface area contributed by atoms with Crippen molar-refractivity contribution in [3.8, 4) is 6.07 Å². The van der Waals surface area contributed by atoms with Crippen molar-refractivity contribution in [2.24, 2.45) is 11.3 Å². The second kappa shape index (κ2) is 9.18. The zero-order valence-electron chi connectivity index (χ0n) is 19.7. The minimum Gasteiger partial charge on any atom is -0.316 e. The third kappa shape index (κ3) is 4.60. The van der Waals surface area contributed by atoms with Crippen LogP contribution in [0.5, 0.6) is 0 Å². The van der Waals surface area contributed by atoms with Crippen molar-refractivity contribution in [3.05, 3.63) is 21.8 Å². The van der Waals surface area contributed by atoms with Crippen molar-refractivity contribution in [2.75, 3.05) is 11.1 Å². The quantitative estimate of drug-likeness (QED) is 0.482. The number of hydrogen-bond acceptors (Lipinski definition) is 6. The number of carbonyl (C=O) groups excluding carboxylic acids is 1. The molecule has 2 aliphatic rings. The summed E-state index contributed by atoms with van der Waals surface area (Å²) in [7, 11) is 0. The fourth-order valence-electron chi connectivity index (χ4n) is 4.53. The number of thioether (sulfide) groups is 1. The number of nitrogens with one attached hydrogen (secondary N) is 1. The standard InChI is InChI=1S/C24H33N5OS2/c1-6-24(4,5)16-9-10-17-18(12-25)22(32-19(17)11-16)26-20(30)13-31-23-28-27-21(15-7-8-15)29(23)14(2)3/h14-16H,6-11,13H2,1-5H3,(H,26,30). The van der Waals surface area contributed by atoms with Crippen molar-refractivity contribution in [1.82, 2.24) is 14.8 Å². The number of carbonyl (C=O) groups is 1. The van der Waals surface area contributed by atoms with E-state index < -0.39 is 0 Å². The molecule has 4 rings (SSSR count). The number of hydrogen-bond donors (Lipinski definition) is 1. The first kappa shape index (κ1) is 23.3. The lowest BCUT2D eigenvalue weighted by atomic mass is 9.69. The van der Waals surface area contributed by atoms with Crippen LogP contribution in [0.2, 0.25) is 0 Å². The minimum atomic E-state index is -0.0955. The lowest BCUT2D eigenvalue weighted by Gasteiger charge is -2.36. The molecule has 0 aromatic carbocycles. The molecule has 1 saturated carbocycles. The van der Waals surface area contributed by atoms with Gasteiger partial charge in [0.1, 0.15) is 16.9 Å². The monoisotopic (exact) mass is 471 g/mol. The number of thiophene rings is 1. The van der Waals surface area contributed by atoms with Crippen LogP contribution in [0.1, 0.15) is 94.1 Å². The Morgan fingerprint density at radius 3 is 2.72 bits per heavy atom. The van der Waals surface area contributed by atoms with Crippen molar-refractivity contribution in [3.63, 3.8) is 0 Å². The predicted octanol–water partition coefficient (Wildman–Crippen LogP) is 5.94. The van der Waals surface area contributed by atoms with Gasteiger partial charge >= 0.3 is 0 Å². The predicted molar refractivity (Wildman–Crippen MR) is 130 cm³/mol. The van der Waals surface area contributed by atoms with E-state index in [2.05, 4.69) is 60.8 Å². The Hall–Kier alpha value is -1.85. The Balaban J connectivity index is 1.44. The molecule has 0 spiro atoms. The summed E-state index contributed by atoms with van der Waals surface area (Å²) in [6.07, 6.45) is 6.53. The van der Waals surface area contributed by atoms with Crippen molar-refractivity contribution >= 4 is 34.0 Å². The third-order valence-electron chi connectivity index (χ3n) is 7.13. The highest BCUT2D eigenvalue weighted by molar-refractivity contribution is 7.99. The van der Waals surface area contributed by atoms with E-state index in [0.717, 1.165) is 42.2 Å². The molecule has 2 aliphatic carbocycles. The summed E-state index contributed by atoms with van der Waals surface area (Å²) < 4.78 is 2.16. The van der Waals surface area contributed by atoms with Gasteiger partial charge in [-0.1, -0.05) is 39.0 Å². The molecule has 0 saturated heterocycles. The normalized spacial score (nSPS) is 18.5. The summed E-state index contributed by atoms with van der Waals surface area (Å²) in [5.41, 5.74) is 2.11. The van der Waals surface area contributed by atoms with Gasteiger partial charge in [0, 0.05) is 16.8 Å². The Morgan fingerprint density at radius 1 is 1.34 bits per heavy atom. The number of rotatable bonds is 8. The average Bonchev–Trinajstić information content (AvgIpc) is 3.42. The van der Waals surface area contributed by atoms with Crippen LogP contribution in [0.15, 0.2) is 5.16 Å². The van der Waals surface area contributed by atoms with Crippen molar-refractivity contribution < 1.29 is 4.79 Å². The van der Waals surface area contributed by atoms with E-state index in [0.29, 0.717) is 27.8 Å². The molecule has 1 fully saturated rings. The van der Waals surface area contributed by atoms with Crippen LogP contribution in [0, 0.1) is 22.7 Å². The highest BCUT2D eigenvalue weighted by Gasteiger charge is 2.34. The van der Waals surface area contributed by atoms with Crippen molar-refractivity contribution in [1.29, 1.82) is 5.26 Å². The topological polar surface area (TPSA) is 83.6 Å². The van der Waals surface area contributed by atoms with Crippen molar-refractivity contribution in [2.45, 2.75) is 90.3 Å². The molecular formula is C24H33N5OS2. The number of amides is 1. The van der Waals surface area contributed by atoms with Gasteiger partial charge in [0.2, 0.25) is 5.91 Å². The van der Waals surface area contributed by atoms with Crippen LogP contribution in [0.3, 0.4) is 0 Å². The zero-order chi connectivity index (χ0) is 23.0. The van der Waals surface area contributed by atoms with E-state index >= 15 is 0 Å². The number of nitriles is 1. The number of anilines is 1. The van der Waals surface area contributed by atoms with Gasteiger partial charge in [0.15, 0.2) is 5.16 Å². The third-order valence-corrected chi connectivity index (χ3v) is 9.24. The first-order valence-corrected chi connectivity index (χ1v) is 13.5. The summed E-state index contributed by atoms with van der Waals surface area (Å²) in [5.74, 6) is 2.35. The first-order chi connectivity index (χ1) is 15.2. The molecule has 6 nitrogen and oxygen atoms in total. The van der Waals surface area contributed by atoms with E-state index in [1.807, 2.05) is 0 Å². The molecule has 0 radical (unpaired) electrons. The molecule has 0 bridgehead atoms. The highest BCUT2D eigenvalue weighted by atomic mass is 32.2. The lowest BCUT2D eigenvalue weighted by molar-refractivity contribution is -0.113. The Morgan fingerprint density at radius 2 is 2.09 bits per heavy atom. The molecule has 2 heterocycles. The maximum atomic E-state index is 12.8. The van der Waals surface area contributed by atoms with Crippen LogP contribution in [-0.4, -0.2) is 26.4 Å². The minimum absolute atomic E-state index is 0.0955. The molecule has 172 valence electrons. The van der Waals surface area contributed by atoms with Gasteiger partial charge in [-0.05, 0) is 62.8 Å². The Labute approximate surface area is 199 Å². The van der Waals surface area contributed by atoms with E-state index in [9.17, 15) is 10.1 Å². The Bertz CT molecular complexity index is 1040. The van der Waals surface area contributed by atoms with Crippen LogP contribution in [0.4, 0.5) is 5.00 Å². The van der Waals surface area contributed by atoms with E-state index in [1.54, 1.807) is 11.3 Å². The van der Waals surface area contributed by atoms with Gasteiger partial charge in [-0.2, -0.15) is 5.26 Å². The van der Waals surface area contributed by atoms with E-state index in [4.69, 9.17) is 0 Å². The second-order valence-corrected chi connectivity index (χ2v) is 12.1. The summed E-state index contributed by atoms with van der Waals surface area (Å²) in [5, 5.41) is 23.1. The number of aromatic nitrogens is 3. The van der Waals surface area contributed by atoms with Crippen LogP contribution in [-0.2, 0) is 17.6 Å². The van der Waals surface area contributed by atoms with Crippen LogP contribution in [0.25, 0.3) is 0 Å². The average molecular weight is 472 g/mol. The second-order valence-electron chi connectivity index (χ2n) is 10.0. The number of nitrogens with zero attached hydrogens (tertiary/aromatic N) is 4. The molecule has 1 atom stereocenters. The van der Waals surface area contributed by atoms with Crippen LogP contribution < -0.4 is 5.32 Å². The molecule has 1 amide bonds. The summed E-state index contributed by atoms with van der Waals surface area (Å²) in [6.45, 7) is 11.2. The maximum absolute atomic E-state index is 12.8. The van der Waals surface area contributed by atoms with Gasteiger partial charge in [-0.25, -0.2) is 0 Å². The molecule has 8 heteroatoms. The Kier molecular flexibility index (Phi) is 6.69. The molecular weight excluding hydrogens is 438 g/mol. The van der Waals surface area contributed by atoms with Gasteiger partial charge in [0.05, 0.1) is 11.3 Å². The SMILES string of the molecule is CCC(C)(C)C1CCc2c(sc(NC(=O)CSc3nnc(C4CC4)n3C(C)C)c2C#N)C1. The van der Waals surface area contributed by atoms with E-state index in [-0.39, 0.29) is 17.7 Å². The smallest absolute Gasteiger partial charge is 0.235 e. The van der Waals surface area contributed by atoms with Gasteiger partial charge in [-0.15, -0.1) is 21.5 Å². The van der Waals surface area contributed by atoms with Gasteiger partial charge < -0.3 is 9.88 Å². The summed E-state index contributed by atoms with van der Waals surface area (Å²) >= 11 is 3.02.